The maximum atomic E-state index is 10.1. The molecule has 6 heteroatoms. The number of benzene rings is 1. The number of hydrogen-bond donors (Lipinski definition) is 5. The van der Waals surface area contributed by atoms with Gasteiger partial charge in [-0.1, -0.05) is 30.3 Å². The van der Waals surface area contributed by atoms with Crippen LogP contribution in [0.15, 0.2) is 30.3 Å². The van der Waals surface area contributed by atoms with Crippen LogP contribution in [-0.4, -0.2) is 68.8 Å². The first-order valence-electron chi connectivity index (χ1n) is 7.55. The van der Waals surface area contributed by atoms with Crippen molar-refractivity contribution in [1.82, 2.24) is 0 Å². The van der Waals surface area contributed by atoms with Crippen LogP contribution in [0.25, 0.3) is 0 Å². The molecule has 1 aliphatic heterocycles. The molecule has 124 valence electrons. The van der Waals surface area contributed by atoms with E-state index in [9.17, 15) is 20.4 Å². The van der Waals surface area contributed by atoms with Crippen LogP contribution in [0.2, 0.25) is 0 Å². The maximum Gasteiger partial charge on any atom is 0.111 e. The van der Waals surface area contributed by atoms with Crippen molar-refractivity contribution in [2.45, 2.75) is 55.9 Å². The van der Waals surface area contributed by atoms with Crippen molar-refractivity contribution in [2.75, 3.05) is 6.61 Å². The van der Waals surface area contributed by atoms with Crippen molar-refractivity contribution in [3.05, 3.63) is 35.9 Å². The Morgan fingerprint density at radius 3 is 2.23 bits per heavy atom. The van der Waals surface area contributed by atoms with E-state index >= 15 is 0 Å². The summed E-state index contributed by atoms with van der Waals surface area (Å²) in [6, 6.07) is 9.73. The highest BCUT2D eigenvalue weighted by molar-refractivity contribution is 5.14. The van der Waals surface area contributed by atoms with Crippen molar-refractivity contribution in [3.63, 3.8) is 0 Å². The van der Waals surface area contributed by atoms with Crippen LogP contribution in [0.1, 0.15) is 18.4 Å². The van der Waals surface area contributed by atoms with Crippen LogP contribution in [0.5, 0.6) is 0 Å². The van der Waals surface area contributed by atoms with Crippen LogP contribution in [-0.2, 0) is 11.2 Å². The van der Waals surface area contributed by atoms with E-state index in [1.807, 2.05) is 30.3 Å². The molecule has 2 rings (SSSR count). The lowest BCUT2D eigenvalue weighted by molar-refractivity contribution is -0.234. The quantitative estimate of drug-likeness (QED) is 0.471. The van der Waals surface area contributed by atoms with Gasteiger partial charge in [-0.25, -0.2) is 0 Å². The molecule has 5 N–H and O–H groups in total. The molecule has 1 saturated heterocycles. The standard InChI is InChI=1S/C16H24O6/c17-9-13-15(20)16(21)14(19)12(22-13)8-11(18)7-6-10-4-2-1-3-5-10/h1-5,11-21H,6-9H2/t11-,12+,13-,14+,15-,16-/m1/s1. The van der Waals surface area contributed by atoms with Gasteiger partial charge in [0.2, 0.25) is 0 Å². The Morgan fingerprint density at radius 2 is 1.59 bits per heavy atom. The van der Waals surface area contributed by atoms with Gasteiger partial charge >= 0.3 is 0 Å². The molecule has 0 aliphatic carbocycles. The molecule has 0 saturated carbocycles. The summed E-state index contributed by atoms with van der Waals surface area (Å²) in [5.74, 6) is 0. The van der Waals surface area contributed by atoms with Crippen LogP contribution in [0.4, 0.5) is 0 Å². The molecule has 0 unspecified atom stereocenters. The average molecular weight is 312 g/mol. The van der Waals surface area contributed by atoms with Gasteiger partial charge in [-0.15, -0.1) is 0 Å². The van der Waals surface area contributed by atoms with E-state index in [-0.39, 0.29) is 6.42 Å². The highest BCUT2D eigenvalue weighted by Gasteiger charge is 2.43. The average Bonchev–Trinajstić information content (AvgIpc) is 2.54. The third-order valence-electron chi connectivity index (χ3n) is 4.10. The lowest BCUT2D eigenvalue weighted by Crippen LogP contribution is -2.59. The van der Waals surface area contributed by atoms with Gasteiger partial charge in [0.1, 0.15) is 24.4 Å². The van der Waals surface area contributed by atoms with Gasteiger partial charge in [0.05, 0.1) is 18.8 Å². The van der Waals surface area contributed by atoms with Crippen LogP contribution < -0.4 is 0 Å². The number of ether oxygens (including phenoxy) is 1. The zero-order chi connectivity index (χ0) is 16.1. The lowest BCUT2D eigenvalue weighted by atomic mass is 9.91. The van der Waals surface area contributed by atoms with Crippen molar-refractivity contribution in [3.8, 4) is 0 Å². The van der Waals surface area contributed by atoms with Crippen molar-refractivity contribution < 1.29 is 30.3 Å². The molecular formula is C16H24O6. The molecule has 0 bridgehead atoms. The largest absolute Gasteiger partial charge is 0.394 e. The lowest BCUT2D eigenvalue weighted by Gasteiger charge is -2.40. The predicted molar refractivity (Wildman–Crippen MR) is 79.2 cm³/mol. The van der Waals surface area contributed by atoms with E-state index < -0.39 is 43.2 Å². The van der Waals surface area contributed by atoms with Crippen LogP contribution in [0, 0.1) is 0 Å². The second kappa shape index (κ2) is 8.01. The first kappa shape index (κ1) is 17.3. The summed E-state index contributed by atoms with van der Waals surface area (Å²) in [6.45, 7) is -0.457. The van der Waals surface area contributed by atoms with E-state index in [4.69, 9.17) is 9.84 Å². The molecule has 1 aromatic rings. The SMILES string of the molecule is OC[C@H]1O[C@@H](C[C@H](O)CCc2ccccc2)[C@H](O)[C@@H](O)[C@@H]1O. The van der Waals surface area contributed by atoms with Crippen molar-refractivity contribution in [2.24, 2.45) is 0 Å². The summed E-state index contributed by atoms with van der Waals surface area (Å²) >= 11 is 0. The fourth-order valence-electron chi connectivity index (χ4n) is 2.74. The number of aliphatic hydroxyl groups excluding tert-OH is 5. The third kappa shape index (κ3) is 4.25. The van der Waals surface area contributed by atoms with Gasteiger partial charge in [0.15, 0.2) is 0 Å². The fraction of sp³-hybridized carbons (Fsp3) is 0.625. The zero-order valence-electron chi connectivity index (χ0n) is 12.3. The Kier molecular flexibility index (Phi) is 6.31. The summed E-state index contributed by atoms with van der Waals surface area (Å²) < 4.78 is 5.38. The molecule has 22 heavy (non-hydrogen) atoms. The van der Waals surface area contributed by atoms with Crippen molar-refractivity contribution >= 4 is 0 Å². The van der Waals surface area contributed by atoms with E-state index in [0.29, 0.717) is 12.8 Å². The Bertz CT molecular complexity index is 438. The molecule has 0 amide bonds. The minimum absolute atomic E-state index is 0.133. The number of aryl methyl sites for hydroxylation is 1. The fourth-order valence-corrected chi connectivity index (χ4v) is 2.74. The smallest absolute Gasteiger partial charge is 0.111 e. The molecule has 6 atom stereocenters. The summed E-state index contributed by atoms with van der Waals surface area (Å²) in [7, 11) is 0. The highest BCUT2D eigenvalue weighted by Crippen LogP contribution is 2.25. The Hall–Kier alpha value is -1.02. The molecule has 0 spiro atoms. The van der Waals surface area contributed by atoms with E-state index in [1.165, 1.54) is 0 Å². The first-order chi connectivity index (χ1) is 10.5. The number of hydrogen-bond acceptors (Lipinski definition) is 6. The van der Waals surface area contributed by atoms with E-state index in [0.717, 1.165) is 5.56 Å². The second-order valence-corrected chi connectivity index (χ2v) is 5.78. The molecule has 1 heterocycles. The van der Waals surface area contributed by atoms with Crippen LogP contribution >= 0.6 is 0 Å². The van der Waals surface area contributed by atoms with Crippen LogP contribution in [0.3, 0.4) is 0 Å². The molecule has 0 aromatic heterocycles. The van der Waals surface area contributed by atoms with Gasteiger partial charge in [0.25, 0.3) is 0 Å². The summed E-state index contributed by atoms with van der Waals surface area (Å²) in [4.78, 5) is 0. The molecule has 1 aliphatic rings. The monoisotopic (exact) mass is 312 g/mol. The molecule has 0 radical (unpaired) electrons. The molecule has 6 nitrogen and oxygen atoms in total. The minimum atomic E-state index is -1.39. The number of aliphatic hydroxyl groups is 5. The predicted octanol–water partition coefficient (Wildman–Crippen LogP) is -0.787. The molecule has 1 fully saturated rings. The summed E-state index contributed by atoms with van der Waals surface area (Å²) in [6.07, 6.45) is -5.17. The van der Waals surface area contributed by atoms with Gasteiger partial charge in [-0.2, -0.15) is 0 Å². The van der Waals surface area contributed by atoms with E-state index in [1.54, 1.807) is 0 Å². The van der Waals surface area contributed by atoms with Gasteiger partial charge in [0, 0.05) is 6.42 Å². The van der Waals surface area contributed by atoms with E-state index in [2.05, 4.69) is 0 Å². The minimum Gasteiger partial charge on any atom is -0.394 e. The topological polar surface area (TPSA) is 110 Å². The van der Waals surface area contributed by atoms with Crippen molar-refractivity contribution in [1.29, 1.82) is 0 Å². The first-order valence-corrected chi connectivity index (χ1v) is 7.55. The zero-order valence-corrected chi connectivity index (χ0v) is 12.3. The highest BCUT2D eigenvalue weighted by atomic mass is 16.5. The molecular weight excluding hydrogens is 288 g/mol. The number of rotatable bonds is 6. The Balaban J connectivity index is 1.86. The summed E-state index contributed by atoms with van der Waals surface area (Å²) in [5, 5.41) is 48.6. The van der Waals surface area contributed by atoms with Gasteiger partial charge in [-0.05, 0) is 18.4 Å². The molecule has 1 aromatic carbocycles. The third-order valence-corrected chi connectivity index (χ3v) is 4.10. The normalized spacial score (nSPS) is 33.6. The van der Waals surface area contributed by atoms with Gasteiger partial charge < -0.3 is 30.3 Å². The Labute approximate surface area is 129 Å². The summed E-state index contributed by atoms with van der Waals surface area (Å²) in [5.41, 5.74) is 1.11. The second-order valence-electron chi connectivity index (χ2n) is 5.78. The van der Waals surface area contributed by atoms with Gasteiger partial charge in [-0.3, -0.25) is 0 Å². The maximum absolute atomic E-state index is 10.1. The Morgan fingerprint density at radius 1 is 0.955 bits per heavy atom.